The zero-order chi connectivity index (χ0) is 16.1. The molecule has 21 heavy (non-hydrogen) atoms. The van der Waals surface area contributed by atoms with Crippen LogP contribution in [0.1, 0.15) is 85.0 Å². The van der Waals surface area contributed by atoms with Gasteiger partial charge in [0.05, 0.1) is 6.10 Å². The Balaban J connectivity index is 4.31. The lowest BCUT2D eigenvalue weighted by Crippen LogP contribution is -2.51. The lowest BCUT2D eigenvalue weighted by molar-refractivity contribution is -0.276. The largest absolute Gasteiger partial charge is 0.390 e. The molecule has 0 saturated carbocycles. The fourth-order valence-electron chi connectivity index (χ4n) is 2.60. The summed E-state index contributed by atoms with van der Waals surface area (Å²) in [6.07, 6.45) is 6.93. The summed E-state index contributed by atoms with van der Waals surface area (Å²) >= 11 is 0. The predicted molar refractivity (Wildman–Crippen MR) is 86.1 cm³/mol. The molecule has 0 amide bonds. The Morgan fingerprint density at radius 3 is 1.95 bits per heavy atom. The van der Waals surface area contributed by atoms with Crippen molar-refractivity contribution in [2.75, 3.05) is 6.61 Å². The van der Waals surface area contributed by atoms with Gasteiger partial charge in [0.1, 0.15) is 6.10 Å². The highest BCUT2D eigenvalue weighted by Crippen LogP contribution is 2.25. The Hall–Kier alpha value is -0.160. The van der Waals surface area contributed by atoms with E-state index in [1.807, 2.05) is 0 Å². The fourth-order valence-corrected chi connectivity index (χ4v) is 2.60. The quantitative estimate of drug-likeness (QED) is 0.340. The van der Waals surface area contributed by atoms with Crippen molar-refractivity contribution in [1.82, 2.24) is 0 Å². The van der Waals surface area contributed by atoms with E-state index in [1.54, 1.807) is 6.92 Å². The molecular formula is C17H36O4. The summed E-state index contributed by atoms with van der Waals surface area (Å²) in [5.41, 5.74) is 0. The zero-order valence-electron chi connectivity index (χ0n) is 14.2. The number of ether oxygens (including phenoxy) is 1. The standard InChI is InChI=1S/C17H36O4/c1-4-7-9-11-13-15(18)16(19)17(20,21-6-3)14-12-10-8-5-2/h15-16,18-20H,4-14H2,1-3H3. The van der Waals surface area contributed by atoms with Crippen molar-refractivity contribution < 1.29 is 20.1 Å². The first kappa shape index (κ1) is 20.8. The van der Waals surface area contributed by atoms with E-state index < -0.39 is 18.0 Å². The summed E-state index contributed by atoms with van der Waals surface area (Å²) in [6.45, 7) is 6.38. The van der Waals surface area contributed by atoms with Crippen LogP contribution in [0.3, 0.4) is 0 Å². The molecule has 0 aromatic rings. The summed E-state index contributed by atoms with van der Waals surface area (Å²) in [5, 5.41) is 30.9. The molecule has 0 aromatic carbocycles. The summed E-state index contributed by atoms with van der Waals surface area (Å²) in [7, 11) is 0. The molecule has 3 N–H and O–H groups in total. The maximum absolute atomic E-state index is 10.5. The van der Waals surface area contributed by atoms with Gasteiger partial charge in [-0.05, 0) is 19.8 Å². The highest BCUT2D eigenvalue weighted by molar-refractivity contribution is 4.83. The monoisotopic (exact) mass is 304 g/mol. The average Bonchev–Trinajstić information content (AvgIpc) is 2.47. The third-order valence-corrected chi connectivity index (χ3v) is 3.96. The van der Waals surface area contributed by atoms with E-state index in [9.17, 15) is 15.3 Å². The molecule has 0 fully saturated rings. The molecule has 4 nitrogen and oxygen atoms in total. The minimum Gasteiger partial charge on any atom is -0.390 e. The summed E-state index contributed by atoms with van der Waals surface area (Å²) < 4.78 is 5.37. The Labute approximate surface area is 130 Å². The van der Waals surface area contributed by atoms with Crippen LogP contribution >= 0.6 is 0 Å². The van der Waals surface area contributed by atoms with E-state index in [-0.39, 0.29) is 0 Å². The number of hydrogen-bond donors (Lipinski definition) is 3. The van der Waals surface area contributed by atoms with Gasteiger partial charge < -0.3 is 20.1 Å². The number of aliphatic hydroxyl groups is 3. The van der Waals surface area contributed by atoms with Crippen molar-refractivity contribution in [3.63, 3.8) is 0 Å². The summed E-state index contributed by atoms with van der Waals surface area (Å²) in [5.74, 6) is -1.62. The molecule has 0 aromatic heterocycles. The van der Waals surface area contributed by atoms with Crippen LogP contribution in [0.4, 0.5) is 0 Å². The Morgan fingerprint density at radius 1 is 0.857 bits per heavy atom. The maximum atomic E-state index is 10.5. The van der Waals surface area contributed by atoms with Gasteiger partial charge in [-0.3, -0.25) is 0 Å². The molecule has 4 heteroatoms. The van der Waals surface area contributed by atoms with E-state index in [4.69, 9.17) is 4.74 Å². The molecule has 0 saturated heterocycles. The first-order chi connectivity index (χ1) is 10.0. The van der Waals surface area contributed by atoms with Crippen LogP contribution in [0, 0.1) is 0 Å². The minimum absolute atomic E-state index is 0.323. The van der Waals surface area contributed by atoms with Crippen LogP contribution in [0.25, 0.3) is 0 Å². The minimum atomic E-state index is -1.62. The number of unbranched alkanes of at least 4 members (excludes halogenated alkanes) is 6. The Bertz CT molecular complexity index is 235. The van der Waals surface area contributed by atoms with Crippen molar-refractivity contribution in [2.45, 2.75) is 103 Å². The van der Waals surface area contributed by atoms with Crippen LogP contribution in [0.2, 0.25) is 0 Å². The van der Waals surface area contributed by atoms with E-state index in [1.165, 1.54) is 0 Å². The lowest BCUT2D eigenvalue weighted by Gasteiger charge is -2.35. The van der Waals surface area contributed by atoms with Gasteiger partial charge in [0.2, 0.25) is 0 Å². The highest BCUT2D eigenvalue weighted by Gasteiger charge is 2.40. The molecule has 0 aliphatic heterocycles. The fraction of sp³-hybridized carbons (Fsp3) is 1.00. The lowest BCUT2D eigenvalue weighted by atomic mass is 9.94. The second-order valence-electron chi connectivity index (χ2n) is 5.95. The number of aliphatic hydroxyl groups excluding tert-OH is 2. The van der Waals surface area contributed by atoms with Crippen LogP contribution in [-0.2, 0) is 4.74 Å². The first-order valence-electron chi connectivity index (χ1n) is 8.74. The predicted octanol–water partition coefficient (Wildman–Crippen LogP) is 3.37. The van der Waals surface area contributed by atoms with Crippen molar-refractivity contribution in [2.24, 2.45) is 0 Å². The third kappa shape index (κ3) is 8.77. The van der Waals surface area contributed by atoms with Crippen LogP contribution in [-0.4, -0.2) is 39.9 Å². The second-order valence-corrected chi connectivity index (χ2v) is 5.95. The van der Waals surface area contributed by atoms with Gasteiger partial charge in [-0.1, -0.05) is 58.8 Å². The second kappa shape index (κ2) is 12.4. The van der Waals surface area contributed by atoms with Gasteiger partial charge in [0.15, 0.2) is 5.79 Å². The van der Waals surface area contributed by atoms with Crippen molar-refractivity contribution >= 4 is 0 Å². The topological polar surface area (TPSA) is 69.9 Å². The molecular weight excluding hydrogens is 268 g/mol. The molecule has 128 valence electrons. The molecule has 0 radical (unpaired) electrons. The molecule has 0 aliphatic rings. The maximum Gasteiger partial charge on any atom is 0.194 e. The van der Waals surface area contributed by atoms with Gasteiger partial charge in [-0.25, -0.2) is 0 Å². The van der Waals surface area contributed by atoms with Gasteiger partial charge >= 0.3 is 0 Å². The van der Waals surface area contributed by atoms with E-state index in [2.05, 4.69) is 13.8 Å². The van der Waals surface area contributed by atoms with Crippen molar-refractivity contribution in [3.05, 3.63) is 0 Å². The summed E-state index contributed by atoms with van der Waals surface area (Å²) in [6, 6.07) is 0. The van der Waals surface area contributed by atoms with Crippen LogP contribution in [0.15, 0.2) is 0 Å². The molecule has 3 unspecified atom stereocenters. The third-order valence-electron chi connectivity index (χ3n) is 3.96. The normalized spacial score (nSPS) is 17.4. The smallest absolute Gasteiger partial charge is 0.194 e. The molecule has 0 heterocycles. The van der Waals surface area contributed by atoms with Gasteiger partial charge in [-0.2, -0.15) is 0 Å². The molecule has 0 bridgehead atoms. The van der Waals surface area contributed by atoms with Crippen LogP contribution in [0.5, 0.6) is 0 Å². The SMILES string of the molecule is CCCCCCC(O)C(O)C(O)(CCCCCC)OCC. The van der Waals surface area contributed by atoms with E-state index in [0.717, 1.165) is 51.4 Å². The number of rotatable bonds is 14. The van der Waals surface area contributed by atoms with Crippen molar-refractivity contribution in [1.29, 1.82) is 0 Å². The molecule has 0 rings (SSSR count). The highest BCUT2D eigenvalue weighted by atomic mass is 16.6. The van der Waals surface area contributed by atoms with E-state index in [0.29, 0.717) is 19.4 Å². The molecule has 0 spiro atoms. The first-order valence-corrected chi connectivity index (χ1v) is 8.74. The van der Waals surface area contributed by atoms with Gasteiger partial charge in [0, 0.05) is 13.0 Å². The van der Waals surface area contributed by atoms with Gasteiger partial charge in [0.25, 0.3) is 0 Å². The van der Waals surface area contributed by atoms with Crippen molar-refractivity contribution in [3.8, 4) is 0 Å². The molecule has 0 aliphatic carbocycles. The van der Waals surface area contributed by atoms with Gasteiger partial charge in [-0.15, -0.1) is 0 Å². The van der Waals surface area contributed by atoms with Crippen LogP contribution < -0.4 is 0 Å². The summed E-state index contributed by atoms with van der Waals surface area (Å²) in [4.78, 5) is 0. The van der Waals surface area contributed by atoms with E-state index >= 15 is 0 Å². The molecule has 3 atom stereocenters. The Morgan fingerprint density at radius 2 is 1.43 bits per heavy atom. The average molecular weight is 304 g/mol. The number of hydrogen-bond acceptors (Lipinski definition) is 4. The Kier molecular flexibility index (Phi) is 12.3. The zero-order valence-corrected chi connectivity index (χ0v) is 14.2.